The number of halogens is 1. The molecule has 1 aromatic heterocycles. The van der Waals surface area contributed by atoms with E-state index < -0.39 is 0 Å². The Morgan fingerprint density at radius 2 is 1.88 bits per heavy atom. The van der Waals surface area contributed by atoms with Crippen LogP contribution in [-0.2, 0) is 0 Å². The molecule has 6 heteroatoms. The molecule has 2 aliphatic rings. The van der Waals surface area contributed by atoms with Crippen LogP contribution in [-0.4, -0.2) is 47.7 Å². The van der Waals surface area contributed by atoms with Gasteiger partial charge in [-0.25, -0.2) is 9.37 Å². The molecule has 2 fully saturated rings. The van der Waals surface area contributed by atoms with Crippen LogP contribution >= 0.6 is 0 Å². The first-order chi connectivity index (χ1) is 12.4. The Morgan fingerprint density at radius 1 is 1.12 bits per heavy atom. The number of hydrogen-bond acceptors (Lipinski definition) is 4. The van der Waals surface area contributed by atoms with Gasteiger partial charge in [0.1, 0.15) is 11.6 Å². The average molecular weight is 356 g/mol. The van der Waals surface area contributed by atoms with Crippen molar-refractivity contribution in [1.29, 1.82) is 0 Å². The van der Waals surface area contributed by atoms with E-state index in [0.717, 1.165) is 32.6 Å². The predicted octanol–water partition coefficient (Wildman–Crippen LogP) is 2.52. The van der Waals surface area contributed by atoms with Crippen LogP contribution in [0.4, 0.5) is 10.1 Å². The summed E-state index contributed by atoms with van der Waals surface area (Å²) < 4.78 is 16.4. The van der Waals surface area contributed by atoms with Gasteiger partial charge < -0.3 is 9.80 Å². The minimum atomic E-state index is -0.280. The third kappa shape index (κ3) is 2.92. The molecule has 4 rings (SSSR count). The monoisotopic (exact) mass is 356 g/mol. The van der Waals surface area contributed by atoms with E-state index in [1.807, 2.05) is 6.07 Å². The Morgan fingerprint density at radius 3 is 2.54 bits per heavy atom. The smallest absolute Gasteiger partial charge is 0.258 e. The summed E-state index contributed by atoms with van der Waals surface area (Å²) in [6.45, 7) is 7.55. The van der Waals surface area contributed by atoms with Gasteiger partial charge in [-0.15, -0.1) is 0 Å². The fourth-order valence-corrected chi connectivity index (χ4v) is 4.58. The van der Waals surface area contributed by atoms with Gasteiger partial charge in [-0.1, -0.05) is 0 Å². The van der Waals surface area contributed by atoms with Gasteiger partial charge in [0.15, 0.2) is 0 Å². The highest BCUT2D eigenvalue weighted by molar-refractivity contribution is 5.54. The molecule has 26 heavy (non-hydrogen) atoms. The first-order valence-corrected chi connectivity index (χ1v) is 9.18. The van der Waals surface area contributed by atoms with Crippen molar-refractivity contribution in [3.63, 3.8) is 0 Å². The summed E-state index contributed by atoms with van der Waals surface area (Å²) in [6, 6.07) is 6.54. The summed E-state index contributed by atoms with van der Waals surface area (Å²) in [5, 5.41) is 0. The molecule has 0 aliphatic carbocycles. The minimum absolute atomic E-state index is 0.184. The third-order valence-electron chi connectivity index (χ3n) is 5.81. The van der Waals surface area contributed by atoms with Gasteiger partial charge in [0.05, 0.1) is 11.4 Å². The molecule has 2 aliphatic heterocycles. The molecule has 0 amide bonds. The molecule has 1 atom stereocenters. The SMILES string of the molecule is Cc1cc(=O)n(-c2ccc(N3CCC4(CCN(C)C4)C3)c(F)c2)c(C)n1. The average Bonchev–Trinajstić information content (AvgIpc) is 3.13. The molecular formula is C20H25FN4O. The second-order valence-corrected chi connectivity index (χ2v) is 7.91. The number of nitrogens with zero attached hydrogens (tertiary/aromatic N) is 4. The molecule has 1 spiro atoms. The summed E-state index contributed by atoms with van der Waals surface area (Å²) >= 11 is 0. The second kappa shape index (κ2) is 6.20. The quantitative estimate of drug-likeness (QED) is 0.829. The van der Waals surface area contributed by atoms with Crippen molar-refractivity contribution in [1.82, 2.24) is 14.5 Å². The minimum Gasteiger partial charge on any atom is -0.369 e. The van der Waals surface area contributed by atoms with Crippen molar-refractivity contribution in [2.24, 2.45) is 5.41 Å². The maximum atomic E-state index is 14.9. The fourth-order valence-electron chi connectivity index (χ4n) is 4.58. The van der Waals surface area contributed by atoms with Crippen LogP contribution in [0.25, 0.3) is 5.69 Å². The summed E-state index contributed by atoms with van der Waals surface area (Å²) in [5.41, 5.74) is 1.94. The maximum absolute atomic E-state index is 14.9. The lowest BCUT2D eigenvalue weighted by Crippen LogP contribution is -2.30. The lowest BCUT2D eigenvalue weighted by Gasteiger charge is -2.25. The van der Waals surface area contributed by atoms with Crippen molar-refractivity contribution in [3.8, 4) is 5.69 Å². The molecular weight excluding hydrogens is 331 g/mol. The van der Waals surface area contributed by atoms with Crippen molar-refractivity contribution in [2.45, 2.75) is 26.7 Å². The number of likely N-dealkylation sites (tertiary alicyclic amines) is 1. The molecule has 0 saturated carbocycles. The largest absolute Gasteiger partial charge is 0.369 e. The molecule has 0 N–H and O–H groups in total. The number of aromatic nitrogens is 2. The van der Waals surface area contributed by atoms with E-state index in [1.54, 1.807) is 19.9 Å². The summed E-state index contributed by atoms with van der Waals surface area (Å²) in [7, 11) is 2.16. The Kier molecular flexibility index (Phi) is 4.10. The zero-order valence-electron chi connectivity index (χ0n) is 15.6. The molecule has 1 unspecified atom stereocenters. The van der Waals surface area contributed by atoms with Crippen molar-refractivity contribution >= 4 is 5.69 Å². The van der Waals surface area contributed by atoms with E-state index in [4.69, 9.17) is 0 Å². The van der Waals surface area contributed by atoms with Gasteiger partial charge in [0.25, 0.3) is 5.56 Å². The van der Waals surface area contributed by atoms with E-state index >= 15 is 0 Å². The molecule has 5 nitrogen and oxygen atoms in total. The normalized spacial score (nSPS) is 23.3. The van der Waals surface area contributed by atoms with Crippen molar-refractivity contribution in [2.75, 3.05) is 38.1 Å². The first kappa shape index (κ1) is 17.2. The first-order valence-electron chi connectivity index (χ1n) is 9.18. The third-order valence-corrected chi connectivity index (χ3v) is 5.81. The zero-order valence-corrected chi connectivity index (χ0v) is 15.6. The maximum Gasteiger partial charge on any atom is 0.258 e. The van der Waals surface area contributed by atoms with Crippen LogP contribution in [0, 0.1) is 25.1 Å². The van der Waals surface area contributed by atoms with E-state index in [2.05, 4.69) is 21.8 Å². The number of hydrogen-bond donors (Lipinski definition) is 0. The number of anilines is 1. The number of rotatable bonds is 2. The van der Waals surface area contributed by atoms with E-state index in [-0.39, 0.29) is 11.4 Å². The number of aryl methyl sites for hydroxylation is 2. The summed E-state index contributed by atoms with van der Waals surface area (Å²) in [6.07, 6.45) is 2.29. The van der Waals surface area contributed by atoms with Crippen LogP contribution in [0.15, 0.2) is 29.1 Å². The molecule has 0 bridgehead atoms. The molecule has 2 aromatic rings. The van der Waals surface area contributed by atoms with Crippen molar-refractivity contribution < 1.29 is 4.39 Å². The van der Waals surface area contributed by atoms with Crippen molar-refractivity contribution in [3.05, 3.63) is 52.0 Å². The van der Waals surface area contributed by atoms with E-state index in [0.29, 0.717) is 28.3 Å². The van der Waals surface area contributed by atoms with Crippen LogP contribution < -0.4 is 10.5 Å². The standard InChI is InChI=1S/C20H25FN4O/c1-14-10-19(26)25(15(2)22-14)16-4-5-18(17(21)11-16)24-9-7-20(13-24)6-8-23(3)12-20/h4-5,10-11H,6-9,12-13H2,1-3H3. The van der Waals surface area contributed by atoms with E-state index in [1.165, 1.54) is 23.1 Å². The zero-order chi connectivity index (χ0) is 18.5. The van der Waals surface area contributed by atoms with Gasteiger partial charge in [-0.05, 0) is 52.4 Å². The molecule has 2 saturated heterocycles. The predicted molar refractivity (Wildman–Crippen MR) is 101 cm³/mol. The van der Waals surface area contributed by atoms with Gasteiger partial charge in [0.2, 0.25) is 0 Å². The Balaban J connectivity index is 1.63. The Labute approximate surface area is 153 Å². The second-order valence-electron chi connectivity index (χ2n) is 7.91. The summed E-state index contributed by atoms with van der Waals surface area (Å²) in [5.74, 6) is 0.286. The van der Waals surface area contributed by atoms with Crippen LogP contribution in [0.3, 0.4) is 0 Å². The summed E-state index contributed by atoms with van der Waals surface area (Å²) in [4.78, 5) is 21.1. The van der Waals surface area contributed by atoms with Gasteiger partial charge >= 0.3 is 0 Å². The topological polar surface area (TPSA) is 41.4 Å². The highest BCUT2D eigenvalue weighted by Crippen LogP contribution is 2.41. The highest BCUT2D eigenvalue weighted by atomic mass is 19.1. The molecule has 0 radical (unpaired) electrons. The van der Waals surface area contributed by atoms with E-state index in [9.17, 15) is 9.18 Å². The molecule has 3 heterocycles. The molecule has 138 valence electrons. The van der Waals surface area contributed by atoms with Crippen LogP contribution in [0.5, 0.6) is 0 Å². The lowest BCUT2D eigenvalue weighted by atomic mass is 9.86. The van der Waals surface area contributed by atoms with Gasteiger partial charge in [-0.2, -0.15) is 0 Å². The molecule has 1 aromatic carbocycles. The van der Waals surface area contributed by atoms with Gasteiger partial charge in [-0.3, -0.25) is 9.36 Å². The Bertz CT molecular complexity index is 909. The van der Waals surface area contributed by atoms with Crippen LogP contribution in [0.1, 0.15) is 24.4 Å². The van der Waals surface area contributed by atoms with Crippen LogP contribution in [0.2, 0.25) is 0 Å². The lowest BCUT2D eigenvalue weighted by molar-refractivity contribution is 0.312. The fraction of sp³-hybridized carbons (Fsp3) is 0.500. The Hall–Kier alpha value is -2.21. The highest BCUT2D eigenvalue weighted by Gasteiger charge is 2.42. The van der Waals surface area contributed by atoms with Gasteiger partial charge in [0, 0.05) is 42.9 Å². The number of benzene rings is 1.